The quantitative estimate of drug-likeness (QED) is 0.203. The number of rotatable bonds is 13. The molecule has 0 bridgehead atoms. The van der Waals surface area contributed by atoms with E-state index in [9.17, 15) is 4.79 Å². The smallest absolute Gasteiger partial charge is 0.193 e. The number of hydrogen-bond acceptors (Lipinski definition) is 2. The van der Waals surface area contributed by atoms with Gasteiger partial charge in [-0.3, -0.25) is 4.79 Å². The van der Waals surface area contributed by atoms with E-state index in [-0.39, 0.29) is 5.78 Å². The number of benzene rings is 2. The van der Waals surface area contributed by atoms with E-state index in [0.717, 1.165) is 24.1 Å². The highest BCUT2D eigenvalue weighted by atomic mass is 79.9. The molecule has 2 aromatic rings. The molecule has 0 N–H and O–H groups in total. The molecule has 0 atom stereocenters. The number of carbonyl (C=O) groups is 1. The van der Waals surface area contributed by atoms with Crippen molar-refractivity contribution in [3.8, 4) is 5.75 Å². The summed E-state index contributed by atoms with van der Waals surface area (Å²) >= 11 is 3.47. The van der Waals surface area contributed by atoms with Crippen LogP contribution in [-0.2, 0) is 0 Å². The summed E-state index contributed by atoms with van der Waals surface area (Å²) in [4.78, 5) is 12.4. The predicted molar refractivity (Wildman–Crippen MR) is 113 cm³/mol. The predicted octanol–water partition coefficient (Wildman–Crippen LogP) is 6.81. The molecule has 140 valence electrons. The molecule has 0 saturated heterocycles. The Morgan fingerprint density at radius 2 is 1.23 bits per heavy atom. The van der Waals surface area contributed by atoms with E-state index < -0.39 is 0 Å². The highest BCUT2D eigenvalue weighted by Gasteiger charge is 2.08. The number of unbranched alkanes of at least 4 members (excludes halogenated alkanes) is 7. The largest absolute Gasteiger partial charge is 0.494 e. The Morgan fingerprint density at radius 1 is 0.692 bits per heavy atom. The highest BCUT2D eigenvalue weighted by Crippen LogP contribution is 2.16. The van der Waals surface area contributed by atoms with Crippen LogP contribution < -0.4 is 4.74 Å². The summed E-state index contributed by atoms with van der Waals surface area (Å²) in [7, 11) is 0. The van der Waals surface area contributed by atoms with Crippen molar-refractivity contribution in [3.63, 3.8) is 0 Å². The van der Waals surface area contributed by atoms with Gasteiger partial charge in [-0.1, -0.05) is 84.8 Å². The lowest BCUT2D eigenvalue weighted by molar-refractivity contribution is 0.103. The average Bonchev–Trinajstić information content (AvgIpc) is 2.70. The molecule has 0 amide bonds. The third-order valence-electron chi connectivity index (χ3n) is 4.45. The Bertz CT molecular complexity index is 622. The normalized spacial score (nSPS) is 10.7. The number of hydrogen-bond donors (Lipinski definition) is 0. The van der Waals surface area contributed by atoms with Gasteiger partial charge in [0.05, 0.1) is 6.61 Å². The fourth-order valence-corrected chi connectivity index (χ4v) is 3.30. The van der Waals surface area contributed by atoms with E-state index >= 15 is 0 Å². The first kappa shape index (κ1) is 20.7. The van der Waals surface area contributed by atoms with Gasteiger partial charge >= 0.3 is 0 Å². The number of ketones is 1. The maximum atomic E-state index is 12.4. The second-order valence-electron chi connectivity index (χ2n) is 6.59. The lowest BCUT2D eigenvalue weighted by Gasteiger charge is -2.07. The third kappa shape index (κ3) is 7.74. The Labute approximate surface area is 166 Å². The standard InChI is InChI=1S/C23H29BrO2/c24-18-10-5-3-1-2-4-6-11-19-26-22-16-14-21(15-17-22)23(25)20-12-8-7-9-13-20/h7-9,12-17H,1-6,10-11,18-19H2. The molecule has 0 radical (unpaired) electrons. The van der Waals surface area contributed by atoms with Crippen molar-refractivity contribution in [2.75, 3.05) is 11.9 Å². The van der Waals surface area contributed by atoms with Crippen molar-refractivity contribution in [1.29, 1.82) is 0 Å². The number of ether oxygens (including phenoxy) is 1. The summed E-state index contributed by atoms with van der Waals surface area (Å²) in [6.07, 6.45) is 10.3. The van der Waals surface area contributed by atoms with Gasteiger partial charge in [-0.25, -0.2) is 0 Å². The van der Waals surface area contributed by atoms with Crippen LogP contribution >= 0.6 is 15.9 Å². The molecule has 2 aromatic carbocycles. The second kappa shape index (κ2) is 12.7. The van der Waals surface area contributed by atoms with Crippen molar-refractivity contribution in [2.24, 2.45) is 0 Å². The summed E-state index contributed by atoms with van der Waals surface area (Å²) in [5.41, 5.74) is 1.41. The van der Waals surface area contributed by atoms with Crippen LogP contribution in [0.4, 0.5) is 0 Å². The van der Waals surface area contributed by atoms with Gasteiger partial charge in [-0.2, -0.15) is 0 Å². The van der Waals surface area contributed by atoms with Crippen LogP contribution in [0, 0.1) is 0 Å². The molecular formula is C23H29BrO2. The van der Waals surface area contributed by atoms with Gasteiger partial charge in [0, 0.05) is 16.5 Å². The average molecular weight is 417 g/mol. The molecule has 0 saturated carbocycles. The van der Waals surface area contributed by atoms with Crippen LogP contribution in [0.2, 0.25) is 0 Å². The molecule has 0 spiro atoms. The monoisotopic (exact) mass is 416 g/mol. The summed E-state index contributed by atoms with van der Waals surface area (Å²) < 4.78 is 5.79. The first-order valence-corrected chi connectivity index (χ1v) is 10.8. The van der Waals surface area contributed by atoms with E-state index in [1.807, 2.05) is 54.6 Å². The highest BCUT2D eigenvalue weighted by molar-refractivity contribution is 9.09. The Balaban J connectivity index is 1.60. The molecule has 0 aromatic heterocycles. The van der Waals surface area contributed by atoms with Crippen LogP contribution in [0.15, 0.2) is 54.6 Å². The number of carbonyl (C=O) groups excluding carboxylic acids is 1. The van der Waals surface area contributed by atoms with Crippen molar-refractivity contribution in [1.82, 2.24) is 0 Å². The minimum atomic E-state index is 0.0493. The zero-order valence-corrected chi connectivity index (χ0v) is 17.0. The van der Waals surface area contributed by atoms with Crippen LogP contribution in [-0.4, -0.2) is 17.7 Å². The molecule has 2 rings (SSSR count). The van der Waals surface area contributed by atoms with E-state index in [1.54, 1.807) is 0 Å². The molecule has 3 heteroatoms. The Hall–Kier alpha value is -1.61. The molecule has 0 aliphatic heterocycles. The SMILES string of the molecule is O=C(c1ccccc1)c1ccc(OCCCCCCCCCCBr)cc1. The molecule has 0 aliphatic carbocycles. The van der Waals surface area contributed by atoms with E-state index in [4.69, 9.17) is 4.74 Å². The van der Waals surface area contributed by atoms with E-state index in [1.165, 1.54) is 44.9 Å². The lowest BCUT2D eigenvalue weighted by Crippen LogP contribution is -2.01. The van der Waals surface area contributed by atoms with Gasteiger partial charge in [0.2, 0.25) is 0 Å². The molecule has 2 nitrogen and oxygen atoms in total. The Morgan fingerprint density at radius 3 is 1.85 bits per heavy atom. The van der Waals surface area contributed by atoms with Crippen LogP contribution in [0.3, 0.4) is 0 Å². The van der Waals surface area contributed by atoms with Crippen LogP contribution in [0.5, 0.6) is 5.75 Å². The van der Waals surface area contributed by atoms with Crippen molar-refractivity contribution >= 4 is 21.7 Å². The fourth-order valence-electron chi connectivity index (χ4n) is 2.91. The molecule has 0 aliphatic rings. The first-order chi connectivity index (χ1) is 12.8. The third-order valence-corrected chi connectivity index (χ3v) is 5.01. The zero-order chi connectivity index (χ0) is 18.5. The van der Waals surface area contributed by atoms with E-state index in [2.05, 4.69) is 15.9 Å². The minimum absolute atomic E-state index is 0.0493. The van der Waals surface area contributed by atoms with Gasteiger partial charge < -0.3 is 4.74 Å². The van der Waals surface area contributed by atoms with Gasteiger partial charge in [0.1, 0.15) is 5.75 Å². The van der Waals surface area contributed by atoms with Crippen molar-refractivity contribution < 1.29 is 9.53 Å². The summed E-state index contributed by atoms with van der Waals surface area (Å²) in [5, 5.41) is 1.13. The topological polar surface area (TPSA) is 26.3 Å². The molecule has 0 unspecified atom stereocenters. The maximum Gasteiger partial charge on any atom is 0.193 e. The molecule has 0 fully saturated rings. The van der Waals surface area contributed by atoms with Crippen LogP contribution in [0.25, 0.3) is 0 Å². The van der Waals surface area contributed by atoms with Crippen molar-refractivity contribution in [2.45, 2.75) is 51.4 Å². The fraction of sp³-hybridized carbons (Fsp3) is 0.435. The summed E-state index contributed by atoms with van der Waals surface area (Å²) in [5.74, 6) is 0.887. The minimum Gasteiger partial charge on any atom is -0.494 e. The van der Waals surface area contributed by atoms with Gasteiger partial charge in [-0.05, 0) is 37.1 Å². The van der Waals surface area contributed by atoms with Gasteiger partial charge in [0.15, 0.2) is 5.78 Å². The van der Waals surface area contributed by atoms with E-state index in [0.29, 0.717) is 11.1 Å². The van der Waals surface area contributed by atoms with Gasteiger partial charge in [0.25, 0.3) is 0 Å². The van der Waals surface area contributed by atoms with Crippen molar-refractivity contribution in [3.05, 3.63) is 65.7 Å². The molecule has 0 heterocycles. The second-order valence-corrected chi connectivity index (χ2v) is 7.38. The number of alkyl halides is 1. The summed E-state index contributed by atoms with van der Waals surface area (Å²) in [6.45, 7) is 0.746. The summed E-state index contributed by atoms with van der Waals surface area (Å²) in [6, 6.07) is 16.8. The number of halogens is 1. The Kier molecular flexibility index (Phi) is 10.1. The molecular weight excluding hydrogens is 388 g/mol. The first-order valence-electron chi connectivity index (χ1n) is 9.70. The lowest BCUT2D eigenvalue weighted by atomic mass is 10.0. The maximum absolute atomic E-state index is 12.4. The zero-order valence-electron chi connectivity index (χ0n) is 15.5. The molecule has 26 heavy (non-hydrogen) atoms. The van der Waals surface area contributed by atoms with Crippen LogP contribution in [0.1, 0.15) is 67.3 Å². The van der Waals surface area contributed by atoms with Gasteiger partial charge in [-0.15, -0.1) is 0 Å².